The van der Waals surface area contributed by atoms with Crippen molar-refractivity contribution in [2.24, 2.45) is 0 Å². The van der Waals surface area contributed by atoms with E-state index >= 15 is 0 Å². The average Bonchev–Trinajstić information content (AvgIpc) is 2.09. The van der Waals surface area contributed by atoms with Crippen molar-refractivity contribution in [2.45, 2.75) is 12.6 Å². The molecule has 0 aliphatic carbocycles. The minimum absolute atomic E-state index is 0.00625. The van der Waals surface area contributed by atoms with Gasteiger partial charge >= 0.3 is 6.18 Å². The Hall–Kier alpha value is -1.05. The Bertz CT molecular complexity index is 345. The van der Waals surface area contributed by atoms with Crippen molar-refractivity contribution in [3.05, 3.63) is 10.7 Å². The highest BCUT2D eigenvalue weighted by molar-refractivity contribution is 9.10. The second-order valence-electron chi connectivity index (χ2n) is 2.59. The molecule has 0 spiro atoms. The zero-order chi connectivity index (χ0) is 11.5. The van der Waals surface area contributed by atoms with Crippen LogP contribution in [0.4, 0.5) is 19.1 Å². The van der Waals surface area contributed by atoms with Gasteiger partial charge in [0.15, 0.2) is 0 Å². The number of nitrogens with two attached hydrogens (primary N) is 1. The third-order valence-electron chi connectivity index (χ3n) is 1.35. The monoisotopic (exact) mass is 285 g/mol. The Balaban J connectivity index is 2.54. The lowest BCUT2D eigenvalue weighted by atomic mass is 10.4. The van der Waals surface area contributed by atoms with Gasteiger partial charge < -0.3 is 10.5 Å². The molecular weight excluding hydrogens is 279 g/mol. The average molecular weight is 286 g/mol. The summed E-state index contributed by atoms with van der Waals surface area (Å²) in [5.74, 6) is -0.0491. The first-order chi connectivity index (χ1) is 6.88. The van der Waals surface area contributed by atoms with E-state index in [1.807, 2.05) is 0 Å². The highest BCUT2D eigenvalue weighted by Gasteiger charge is 2.27. The summed E-state index contributed by atoms with van der Waals surface area (Å²) in [6.07, 6.45) is -3.97. The summed E-state index contributed by atoms with van der Waals surface area (Å²) >= 11 is 3.02. The first-order valence-corrected chi connectivity index (χ1v) is 4.65. The van der Waals surface area contributed by atoms with Crippen molar-refractivity contribution in [3.8, 4) is 5.88 Å². The van der Waals surface area contributed by atoms with Crippen molar-refractivity contribution in [2.75, 3.05) is 12.3 Å². The minimum atomic E-state index is -4.24. The highest BCUT2D eigenvalue weighted by atomic mass is 79.9. The molecule has 0 fully saturated rings. The number of nitrogens with zero attached hydrogens (tertiary/aromatic N) is 2. The van der Waals surface area contributed by atoms with Gasteiger partial charge in [0.2, 0.25) is 11.8 Å². The highest BCUT2D eigenvalue weighted by Crippen LogP contribution is 2.24. The number of rotatable bonds is 3. The van der Waals surface area contributed by atoms with E-state index in [-0.39, 0.29) is 11.8 Å². The zero-order valence-corrected chi connectivity index (χ0v) is 8.97. The lowest BCUT2D eigenvalue weighted by molar-refractivity contribution is -0.139. The molecule has 1 heterocycles. The zero-order valence-electron chi connectivity index (χ0n) is 7.38. The number of hydrogen-bond acceptors (Lipinski definition) is 4. The number of aromatic nitrogens is 2. The van der Waals surface area contributed by atoms with Crippen molar-refractivity contribution < 1.29 is 17.9 Å². The Morgan fingerprint density at radius 2 is 2.13 bits per heavy atom. The third kappa shape index (κ3) is 4.32. The van der Waals surface area contributed by atoms with E-state index in [4.69, 9.17) is 10.5 Å². The topological polar surface area (TPSA) is 61.0 Å². The van der Waals surface area contributed by atoms with E-state index in [1.165, 1.54) is 6.20 Å². The molecule has 2 N–H and O–H groups in total. The fraction of sp³-hybridized carbons (Fsp3) is 0.429. The first-order valence-electron chi connectivity index (χ1n) is 3.86. The molecule has 0 radical (unpaired) electrons. The van der Waals surface area contributed by atoms with Crippen LogP contribution in [-0.2, 0) is 0 Å². The van der Waals surface area contributed by atoms with Crippen LogP contribution < -0.4 is 10.5 Å². The smallest absolute Gasteiger partial charge is 0.392 e. The summed E-state index contributed by atoms with van der Waals surface area (Å²) in [5, 5.41) is 0. The van der Waals surface area contributed by atoms with Crippen molar-refractivity contribution in [1.82, 2.24) is 9.97 Å². The fourth-order valence-electron chi connectivity index (χ4n) is 0.729. The number of nitrogen functional groups attached to an aromatic ring is 1. The molecule has 0 bridgehead atoms. The predicted molar refractivity (Wildman–Crippen MR) is 50.3 cm³/mol. The molecule has 0 unspecified atom stereocenters. The van der Waals surface area contributed by atoms with Crippen LogP contribution >= 0.6 is 15.9 Å². The van der Waals surface area contributed by atoms with E-state index in [0.29, 0.717) is 4.47 Å². The molecule has 4 nitrogen and oxygen atoms in total. The predicted octanol–water partition coefficient (Wildman–Crippen LogP) is 2.15. The van der Waals surface area contributed by atoms with Crippen molar-refractivity contribution in [1.29, 1.82) is 0 Å². The van der Waals surface area contributed by atoms with Crippen LogP contribution in [-0.4, -0.2) is 22.8 Å². The fourth-order valence-corrected chi connectivity index (χ4v) is 1.03. The molecule has 1 rings (SSSR count). The maximum Gasteiger partial charge on any atom is 0.392 e. The summed E-state index contributed by atoms with van der Waals surface area (Å²) in [5.41, 5.74) is 5.24. The number of alkyl halides is 3. The molecule has 1 aromatic rings. The molecule has 0 saturated carbocycles. The van der Waals surface area contributed by atoms with E-state index < -0.39 is 19.2 Å². The van der Waals surface area contributed by atoms with Gasteiger partial charge in [-0.3, -0.25) is 0 Å². The van der Waals surface area contributed by atoms with E-state index in [9.17, 15) is 13.2 Å². The van der Waals surface area contributed by atoms with Crippen LogP contribution in [0.15, 0.2) is 10.7 Å². The van der Waals surface area contributed by atoms with Gasteiger partial charge in [-0.25, -0.2) is 4.98 Å². The lowest BCUT2D eigenvalue weighted by Crippen LogP contribution is -2.13. The summed E-state index contributed by atoms with van der Waals surface area (Å²) in [6.45, 7) is -0.501. The quantitative estimate of drug-likeness (QED) is 0.924. The molecule has 15 heavy (non-hydrogen) atoms. The van der Waals surface area contributed by atoms with Gasteiger partial charge in [0.05, 0.1) is 23.7 Å². The molecule has 1 aromatic heterocycles. The van der Waals surface area contributed by atoms with E-state index in [2.05, 4.69) is 25.9 Å². The second-order valence-corrected chi connectivity index (χ2v) is 3.45. The van der Waals surface area contributed by atoms with Crippen molar-refractivity contribution >= 4 is 21.9 Å². The molecule has 0 aromatic carbocycles. The Morgan fingerprint density at radius 3 is 2.73 bits per heavy atom. The number of halogens is 4. The van der Waals surface area contributed by atoms with Gasteiger partial charge in [-0.2, -0.15) is 18.2 Å². The Kier molecular flexibility index (Phi) is 3.72. The van der Waals surface area contributed by atoms with Crippen LogP contribution in [0.25, 0.3) is 0 Å². The molecular formula is C7H7BrF3N3O. The van der Waals surface area contributed by atoms with Gasteiger partial charge in [-0.05, 0) is 15.9 Å². The maximum absolute atomic E-state index is 11.8. The van der Waals surface area contributed by atoms with Crippen LogP contribution in [0.5, 0.6) is 5.88 Å². The van der Waals surface area contributed by atoms with Gasteiger partial charge in [0.25, 0.3) is 0 Å². The molecule has 0 atom stereocenters. The minimum Gasteiger partial charge on any atom is -0.476 e. The normalized spacial score (nSPS) is 11.5. The molecule has 0 amide bonds. The largest absolute Gasteiger partial charge is 0.476 e. The van der Waals surface area contributed by atoms with Crippen LogP contribution in [0.2, 0.25) is 0 Å². The Labute approximate surface area is 91.8 Å². The number of hydrogen-bond donors (Lipinski definition) is 1. The van der Waals surface area contributed by atoms with Gasteiger partial charge in [0, 0.05) is 0 Å². The van der Waals surface area contributed by atoms with Crippen LogP contribution in [0.1, 0.15) is 6.42 Å². The summed E-state index contributed by atoms with van der Waals surface area (Å²) < 4.78 is 40.5. The summed E-state index contributed by atoms with van der Waals surface area (Å²) in [4.78, 5) is 7.24. The van der Waals surface area contributed by atoms with Gasteiger partial charge in [-0.1, -0.05) is 0 Å². The molecule has 0 saturated heterocycles. The molecule has 84 valence electrons. The molecule has 8 heteroatoms. The SMILES string of the molecule is Nc1ncc(Br)c(OCCC(F)(F)F)n1. The van der Waals surface area contributed by atoms with Crippen molar-refractivity contribution in [3.63, 3.8) is 0 Å². The Morgan fingerprint density at radius 1 is 1.47 bits per heavy atom. The van der Waals surface area contributed by atoms with Gasteiger partial charge in [-0.15, -0.1) is 0 Å². The van der Waals surface area contributed by atoms with Crippen LogP contribution in [0, 0.1) is 0 Å². The van der Waals surface area contributed by atoms with E-state index in [1.54, 1.807) is 0 Å². The maximum atomic E-state index is 11.8. The van der Waals surface area contributed by atoms with E-state index in [0.717, 1.165) is 0 Å². The van der Waals surface area contributed by atoms with Gasteiger partial charge in [0.1, 0.15) is 0 Å². The first kappa shape index (κ1) is 12.0. The number of ether oxygens (including phenoxy) is 1. The molecule has 0 aliphatic heterocycles. The third-order valence-corrected chi connectivity index (χ3v) is 1.90. The lowest BCUT2D eigenvalue weighted by Gasteiger charge is -2.08. The molecule has 0 aliphatic rings. The number of anilines is 1. The summed E-state index contributed by atoms with van der Waals surface area (Å²) in [6, 6.07) is 0. The summed E-state index contributed by atoms with van der Waals surface area (Å²) in [7, 11) is 0. The van der Waals surface area contributed by atoms with Crippen LogP contribution in [0.3, 0.4) is 0 Å². The standard InChI is InChI=1S/C7H7BrF3N3O/c8-4-3-13-6(12)14-5(4)15-2-1-7(9,10)11/h3H,1-2H2,(H2,12,13,14). The second kappa shape index (κ2) is 4.65.